The highest BCUT2D eigenvalue weighted by atomic mass is 19.1. The molecule has 92 valence electrons. The van der Waals surface area contributed by atoms with E-state index in [4.69, 9.17) is 5.73 Å². The van der Waals surface area contributed by atoms with Gasteiger partial charge in [0, 0.05) is 12.6 Å². The summed E-state index contributed by atoms with van der Waals surface area (Å²) in [5, 5.41) is 0. The smallest absolute Gasteiger partial charge is 0.201 e. The topological polar surface area (TPSA) is 47.1 Å². The Hall–Kier alpha value is -1.62. The van der Waals surface area contributed by atoms with E-state index in [1.54, 1.807) is 6.07 Å². The molecule has 1 unspecified atom stereocenters. The second kappa shape index (κ2) is 4.33. The van der Waals surface area contributed by atoms with Gasteiger partial charge >= 0.3 is 0 Å². The number of likely N-dealkylation sites (N-methyl/N-ethyl adjacent to an activating group) is 1. The van der Waals surface area contributed by atoms with Crippen molar-refractivity contribution < 1.29 is 4.39 Å². The molecule has 0 amide bonds. The van der Waals surface area contributed by atoms with Gasteiger partial charge in [-0.15, -0.1) is 0 Å². The van der Waals surface area contributed by atoms with Gasteiger partial charge in [0.15, 0.2) is 5.82 Å². The highest BCUT2D eigenvalue weighted by Crippen LogP contribution is 2.24. The van der Waals surface area contributed by atoms with E-state index >= 15 is 0 Å². The van der Waals surface area contributed by atoms with Crippen LogP contribution < -0.4 is 5.73 Å². The quantitative estimate of drug-likeness (QED) is 0.885. The Morgan fingerprint density at radius 2 is 2.18 bits per heavy atom. The normalized spacial score (nSPS) is 13.5. The van der Waals surface area contributed by atoms with Crippen molar-refractivity contribution in [3.8, 4) is 0 Å². The number of rotatable bonds is 3. The Kier molecular flexibility index (Phi) is 3.02. The first-order valence-electron chi connectivity index (χ1n) is 5.57. The Balaban J connectivity index is 2.53. The van der Waals surface area contributed by atoms with Gasteiger partial charge in [0.25, 0.3) is 0 Å². The zero-order chi connectivity index (χ0) is 12.6. The lowest BCUT2D eigenvalue weighted by Gasteiger charge is -2.20. The van der Waals surface area contributed by atoms with E-state index in [1.165, 1.54) is 6.07 Å². The second-order valence-corrected chi connectivity index (χ2v) is 4.56. The van der Waals surface area contributed by atoms with Crippen LogP contribution in [0.1, 0.15) is 13.0 Å². The lowest BCUT2D eigenvalue weighted by molar-refractivity contribution is 0.342. The number of aromatic nitrogens is 2. The number of halogens is 1. The Morgan fingerprint density at radius 3 is 2.82 bits per heavy atom. The fourth-order valence-electron chi connectivity index (χ4n) is 2.17. The molecular weight excluding hydrogens is 219 g/mol. The molecule has 1 atom stereocenters. The lowest BCUT2D eigenvalue weighted by atomic mass is 10.2. The first-order valence-corrected chi connectivity index (χ1v) is 5.57. The molecular formula is C12H17FN4. The van der Waals surface area contributed by atoms with Gasteiger partial charge in [-0.05, 0) is 33.2 Å². The highest BCUT2D eigenvalue weighted by molar-refractivity contribution is 5.79. The molecule has 0 radical (unpaired) electrons. The Labute approximate surface area is 99.8 Å². The fourth-order valence-corrected chi connectivity index (χ4v) is 2.17. The second-order valence-electron chi connectivity index (χ2n) is 4.56. The van der Waals surface area contributed by atoms with Crippen molar-refractivity contribution in [1.82, 2.24) is 14.5 Å². The van der Waals surface area contributed by atoms with Crippen LogP contribution in [0.3, 0.4) is 0 Å². The number of nitrogens with two attached hydrogens (primary N) is 1. The van der Waals surface area contributed by atoms with Gasteiger partial charge in [0.2, 0.25) is 5.95 Å². The number of fused-ring (bicyclic) bond motifs is 1. The number of para-hydroxylation sites is 1. The number of hydrogen-bond donors (Lipinski definition) is 1. The summed E-state index contributed by atoms with van der Waals surface area (Å²) in [5.74, 6) is 0.0319. The van der Waals surface area contributed by atoms with Crippen LogP contribution in [0.5, 0.6) is 0 Å². The van der Waals surface area contributed by atoms with Crippen LogP contribution >= 0.6 is 0 Å². The molecule has 0 spiro atoms. The maximum absolute atomic E-state index is 13.6. The van der Waals surface area contributed by atoms with Gasteiger partial charge in [-0.3, -0.25) is 0 Å². The van der Waals surface area contributed by atoms with Crippen LogP contribution in [-0.4, -0.2) is 35.1 Å². The maximum atomic E-state index is 13.6. The van der Waals surface area contributed by atoms with E-state index in [9.17, 15) is 4.39 Å². The molecule has 0 aliphatic carbocycles. The van der Waals surface area contributed by atoms with Gasteiger partial charge < -0.3 is 15.2 Å². The first-order chi connectivity index (χ1) is 8.00. The number of imidazole rings is 1. The van der Waals surface area contributed by atoms with E-state index in [0.29, 0.717) is 11.5 Å². The molecule has 0 aliphatic heterocycles. The molecule has 5 heteroatoms. The Morgan fingerprint density at radius 1 is 1.47 bits per heavy atom. The molecule has 1 aromatic heterocycles. The van der Waals surface area contributed by atoms with E-state index in [1.807, 2.05) is 31.7 Å². The van der Waals surface area contributed by atoms with Crippen LogP contribution in [0, 0.1) is 5.82 Å². The lowest BCUT2D eigenvalue weighted by Crippen LogP contribution is -2.23. The third-order valence-corrected chi connectivity index (χ3v) is 2.77. The zero-order valence-corrected chi connectivity index (χ0v) is 10.3. The maximum Gasteiger partial charge on any atom is 0.201 e. The summed E-state index contributed by atoms with van der Waals surface area (Å²) in [4.78, 5) is 6.15. The van der Waals surface area contributed by atoms with E-state index < -0.39 is 0 Å². The monoisotopic (exact) mass is 236 g/mol. The van der Waals surface area contributed by atoms with Crippen molar-refractivity contribution >= 4 is 17.0 Å². The summed E-state index contributed by atoms with van der Waals surface area (Å²) in [6.07, 6.45) is 0. The predicted octanol–water partition coefficient (Wildman–Crippen LogP) is 1.88. The molecule has 1 heterocycles. The summed E-state index contributed by atoms with van der Waals surface area (Å²) in [6, 6.07) is 5.07. The van der Waals surface area contributed by atoms with Crippen LogP contribution in [0.4, 0.5) is 10.3 Å². The van der Waals surface area contributed by atoms with E-state index in [2.05, 4.69) is 9.88 Å². The van der Waals surface area contributed by atoms with Gasteiger partial charge in [-0.1, -0.05) is 6.07 Å². The highest BCUT2D eigenvalue weighted by Gasteiger charge is 2.16. The number of nitrogens with zero attached hydrogens (tertiary/aromatic N) is 3. The summed E-state index contributed by atoms with van der Waals surface area (Å²) >= 11 is 0. The molecule has 1 aromatic carbocycles. The summed E-state index contributed by atoms with van der Waals surface area (Å²) in [7, 11) is 3.98. The zero-order valence-electron chi connectivity index (χ0n) is 10.3. The number of anilines is 1. The fraction of sp³-hybridized carbons (Fsp3) is 0.417. The molecule has 2 aromatic rings. The number of benzene rings is 1. The average Bonchev–Trinajstić information content (AvgIpc) is 2.55. The summed E-state index contributed by atoms with van der Waals surface area (Å²) in [5.41, 5.74) is 6.96. The van der Waals surface area contributed by atoms with Gasteiger partial charge in [0.1, 0.15) is 5.52 Å². The summed E-state index contributed by atoms with van der Waals surface area (Å²) < 4.78 is 15.4. The molecule has 0 bridgehead atoms. The van der Waals surface area contributed by atoms with Crippen molar-refractivity contribution in [3.05, 3.63) is 24.0 Å². The number of nitrogen functional groups attached to an aromatic ring is 1. The largest absolute Gasteiger partial charge is 0.369 e. The van der Waals surface area contributed by atoms with Crippen LogP contribution in [0.2, 0.25) is 0 Å². The average molecular weight is 236 g/mol. The SMILES string of the molecule is CC(CN(C)C)n1c(N)nc2c(F)cccc21. The van der Waals surface area contributed by atoms with Crippen LogP contribution in [0.25, 0.3) is 11.0 Å². The predicted molar refractivity (Wildman–Crippen MR) is 67.4 cm³/mol. The van der Waals surface area contributed by atoms with Crippen LogP contribution in [0.15, 0.2) is 18.2 Å². The minimum absolute atomic E-state index is 0.150. The van der Waals surface area contributed by atoms with Crippen molar-refractivity contribution in [2.24, 2.45) is 0 Å². The standard InChI is InChI=1S/C12H17FN4/c1-8(7-16(2)3)17-10-6-4-5-9(13)11(10)15-12(17)14/h4-6,8H,7H2,1-3H3,(H2,14,15). The van der Waals surface area contributed by atoms with Crippen molar-refractivity contribution in [2.45, 2.75) is 13.0 Å². The van der Waals surface area contributed by atoms with E-state index in [-0.39, 0.29) is 11.9 Å². The molecule has 2 rings (SSSR count). The van der Waals surface area contributed by atoms with Gasteiger partial charge in [0.05, 0.1) is 5.52 Å². The van der Waals surface area contributed by atoms with Crippen molar-refractivity contribution in [1.29, 1.82) is 0 Å². The molecule has 2 N–H and O–H groups in total. The molecule has 17 heavy (non-hydrogen) atoms. The molecule has 0 aliphatic rings. The minimum atomic E-state index is -0.329. The number of hydrogen-bond acceptors (Lipinski definition) is 3. The molecule has 0 saturated carbocycles. The van der Waals surface area contributed by atoms with Crippen molar-refractivity contribution in [2.75, 3.05) is 26.4 Å². The van der Waals surface area contributed by atoms with Crippen molar-refractivity contribution in [3.63, 3.8) is 0 Å². The third kappa shape index (κ3) is 2.10. The molecule has 0 fully saturated rings. The first kappa shape index (κ1) is 11.9. The molecule has 4 nitrogen and oxygen atoms in total. The van der Waals surface area contributed by atoms with Gasteiger partial charge in [-0.25, -0.2) is 9.37 Å². The molecule has 0 saturated heterocycles. The third-order valence-electron chi connectivity index (χ3n) is 2.77. The Bertz CT molecular complexity index is 533. The minimum Gasteiger partial charge on any atom is -0.369 e. The van der Waals surface area contributed by atoms with Gasteiger partial charge in [-0.2, -0.15) is 0 Å². The summed E-state index contributed by atoms with van der Waals surface area (Å²) in [6.45, 7) is 2.87. The van der Waals surface area contributed by atoms with E-state index in [0.717, 1.165) is 12.1 Å². The van der Waals surface area contributed by atoms with Crippen LogP contribution in [-0.2, 0) is 0 Å².